The Bertz CT molecular complexity index is 1310. The molecule has 0 saturated carbocycles. The Kier molecular flexibility index (Phi) is 7.24. The SMILES string of the molecule is COc1c(Cl)cccc1Nc1c(-c2ccnc(S(C)=O)n2)[nH]c2c1C(=O)NCC2C[C@@H]1COCCO1. The lowest BCUT2D eigenvalue weighted by molar-refractivity contribution is -0.0928. The van der Waals surface area contributed by atoms with Crippen LogP contribution in [0, 0.1) is 0 Å². The molecule has 5 rings (SSSR count). The van der Waals surface area contributed by atoms with Gasteiger partial charge in [0.05, 0.1) is 77.2 Å². The van der Waals surface area contributed by atoms with Crippen LogP contribution < -0.4 is 15.4 Å². The van der Waals surface area contributed by atoms with E-state index in [0.717, 1.165) is 5.69 Å². The number of benzene rings is 1. The van der Waals surface area contributed by atoms with Gasteiger partial charge in [-0.15, -0.1) is 0 Å². The average molecular weight is 532 g/mol. The van der Waals surface area contributed by atoms with Crippen molar-refractivity contribution in [2.75, 3.05) is 45.0 Å². The van der Waals surface area contributed by atoms with Crippen LogP contribution in [-0.2, 0) is 20.3 Å². The molecule has 1 amide bonds. The van der Waals surface area contributed by atoms with E-state index < -0.39 is 10.8 Å². The first-order valence-corrected chi connectivity index (χ1v) is 13.4. The second-order valence-corrected chi connectivity index (χ2v) is 10.2. The van der Waals surface area contributed by atoms with Gasteiger partial charge in [-0.2, -0.15) is 0 Å². The molecule has 10 nitrogen and oxygen atoms in total. The third-order valence-electron chi connectivity index (χ3n) is 6.18. The topological polar surface area (TPSA) is 127 Å². The van der Waals surface area contributed by atoms with Crippen LogP contribution >= 0.6 is 11.6 Å². The molecule has 2 unspecified atom stereocenters. The van der Waals surface area contributed by atoms with E-state index in [1.807, 2.05) is 6.07 Å². The second kappa shape index (κ2) is 10.6. The van der Waals surface area contributed by atoms with Crippen LogP contribution in [0.15, 0.2) is 35.6 Å². The number of anilines is 2. The van der Waals surface area contributed by atoms with Crippen LogP contribution in [0.5, 0.6) is 5.75 Å². The quantitative estimate of drug-likeness (QED) is 0.396. The maximum absolute atomic E-state index is 13.2. The van der Waals surface area contributed by atoms with Crippen molar-refractivity contribution in [1.29, 1.82) is 0 Å². The molecule has 3 atom stereocenters. The van der Waals surface area contributed by atoms with Gasteiger partial charge in [0.25, 0.3) is 5.91 Å². The van der Waals surface area contributed by atoms with Crippen molar-refractivity contribution in [3.63, 3.8) is 0 Å². The van der Waals surface area contributed by atoms with Crippen LogP contribution in [0.1, 0.15) is 28.4 Å². The number of hydrogen-bond acceptors (Lipinski definition) is 8. The van der Waals surface area contributed by atoms with Crippen LogP contribution in [0.3, 0.4) is 0 Å². The Morgan fingerprint density at radius 2 is 2.17 bits per heavy atom. The van der Waals surface area contributed by atoms with Crippen LogP contribution in [-0.4, -0.2) is 70.9 Å². The summed E-state index contributed by atoms with van der Waals surface area (Å²) in [5, 5.41) is 6.97. The van der Waals surface area contributed by atoms with Crippen molar-refractivity contribution >= 4 is 39.7 Å². The first-order valence-electron chi connectivity index (χ1n) is 11.5. The van der Waals surface area contributed by atoms with E-state index in [1.165, 1.54) is 13.4 Å². The van der Waals surface area contributed by atoms with E-state index in [1.54, 1.807) is 24.4 Å². The summed E-state index contributed by atoms with van der Waals surface area (Å²) in [5.41, 5.74) is 3.40. The number of nitrogens with one attached hydrogen (secondary N) is 3. The molecule has 36 heavy (non-hydrogen) atoms. The summed E-state index contributed by atoms with van der Waals surface area (Å²) in [7, 11) is 0.152. The Morgan fingerprint density at radius 1 is 1.31 bits per heavy atom. The first-order chi connectivity index (χ1) is 17.5. The molecule has 3 N–H and O–H groups in total. The molecule has 190 valence electrons. The minimum atomic E-state index is -1.38. The summed E-state index contributed by atoms with van der Waals surface area (Å²) in [6.45, 7) is 2.10. The summed E-state index contributed by atoms with van der Waals surface area (Å²) in [6, 6.07) is 7.03. The standard InChI is InChI=1S/C24H26ClN5O5S/c1-33-22-15(25)4-3-5-17(22)28-21-18-19(30-20(21)16-6-7-26-24(29-16)36(2)32)13(11-27-23(18)31)10-14-12-34-8-9-35-14/h3-7,13-14,28,30H,8-12H2,1-2H3,(H,27,31)/t13?,14-,36?/m1/s1. The zero-order valence-electron chi connectivity index (χ0n) is 19.8. The molecule has 1 fully saturated rings. The van der Waals surface area contributed by atoms with Crippen molar-refractivity contribution < 1.29 is 23.2 Å². The predicted molar refractivity (Wildman–Crippen MR) is 136 cm³/mol. The van der Waals surface area contributed by atoms with Crippen molar-refractivity contribution in [3.8, 4) is 17.1 Å². The number of fused-ring (bicyclic) bond motifs is 1. The van der Waals surface area contributed by atoms with E-state index in [9.17, 15) is 9.00 Å². The van der Waals surface area contributed by atoms with Gasteiger partial charge >= 0.3 is 0 Å². The summed E-state index contributed by atoms with van der Waals surface area (Å²) in [5.74, 6) is 0.182. The molecular weight excluding hydrogens is 506 g/mol. The molecule has 1 saturated heterocycles. The molecule has 0 bridgehead atoms. The summed E-state index contributed by atoms with van der Waals surface area (Å²) >= 11 is 6.35. The normalized spacial score (nSPS) is 20.4. The van der Waals surface area contributed by atoms with E-state index >= 15 is 0 Å². The third-order valence-corrected chi connectivity index (χ3v) is 7.19. The summed E-state index contributed by atoms with van der Waals surface area (Å²) < 4.78 is 29.0. The number of amides is 1. The Morgan fingerprint density at radius 3 is 2.92 bits per heavy atom. The number of para-hydroxylation sites is 1. The molecule has 2 aromatic heterocycles. The number of H-pyrrole nitrogens is 1. The number of hydrogen-bond donors (Lipinski definition) is 3. The molecule has 3 aromatic rings. The lowest BCUT2D eigenvalue weighted by atomic mass is 9.91. The fourth-order valence-electron chi connectivity index (χ4n) is 4.54. The monoisotopic (exact) mass is 531 g/mol. The largest absolute Gasteiger partial charge is 0.493 e. The molecule has 2 aliphatic heterocycles. The summed E-state index contributed by atoms with van der Waals surface area (Å²) in [4.78, 5) is 25.3. The van der Waals surface area contributed by atoms with Gasteiger partial charge in [-0.05, 0) is 24.6 Å². The predicted octanol–water partition coefficient (Wildman–Crippen LogP) is 3.25. The smallest absolute Gasteiger partial charge is 0.255 e. The second-order valence-electron chi connectivity index (χ2n) is 8.50. The highest BCUT2D eigenvalue weighted by Crippen LogP contribution is 2.43. The van der Waals surface area contributed by atoms with Gasteiger partial charge in [0.15, 0.2) is 5.75 Å². The number of nitrogens with zero attached hydrogens (tertiary/aromatic N) is 2. The van der Waals surface area contributed by atoms with Gasteiger partial charge in [0.2, 0.25) is 5.16 Å². The lowest BCUT2D eigenvalue weighted by Gasteiger charge is -2.29. The number of rotatable bonds is 7. The first kappa shape index (κ1) is 24.7. The van der Waals surface area contributed by atoms with Crippen molar-refractivity contribution in [1.82, 2.24) is 20.3 Å². The Labute approximate surface area is 215 Å². The highest BCUT2D eigenvalue weighted by molar-refractivity contribution is 7.84. The molecule has 0 spiro atoms. The molecule has 4 heterocycles. The van der Waals surface area contributed by atoms with Crippen LogP contribution in [0.25, 0.3) is 11.4 Å². The highest BCUT2D eigenvalue weighted by atomic mass is 35.5. The van der Waals surface area contributed by atoms with Gasteiger partial charge in [-0.25, -0.2) is 9.97 Å². The number of aromatic amines is 1. The third kappa shape index (κ3) is 4.83. The van der Waals surface area contributed by atoms with Crippen molar-refractivity contribution in [2.45, 2.75) is 23.6 Å². The molecule has 2 aliphatic rings. The van der Waals surface area contributed by atoms with Crippen LogP contribution in [0.4, 0.5) is 11.4 Å². The van der Waals surface area contributed by atoms with E-state index in [-0.39, 0.29) is 23.1 Å². The number of carbonyl (C=O) groups excluding carboxylic acids is 1. The number of aromatic nitrogens is 3. The van der Waals surface area contributed by atoms with Gasteiger partial charge < -0.3 is 29.8 Å². The van der Waals surface area contributed by atoms with Gasteiger partial charge in [0, 0.05) is 30.6 Å². The molecule has 12 heteroatoms. The lowest BCUT2D eigenvalue weighted by Crippen LogP contribution is -2.38. The highest BCUT2D eigenvalue weighted by Gasteiger charge is 2.35. The minimum absolute atomic E-state index is 0.0402. The number of carbonyl (C=O) groups is 1. The average Bonchev–Trinajstić information content (AvgIpc) is 3.27. The van der Waals surface area contributed by atoms with Crippen molar-refractivity contribution in [2.24, 2.45) is 0 Å². The van der Waals surface area contributed by atoms with E-state index in [4.69, 9.17) is 25.8 Å². The van der Waals surface area contributed by atoms with Crippen LogP contribution in [0.2, 0.25) is 5.02 Å². The minimum Gasteiger partial charge on any atom is -0.493 e. The summed E-state index contributed by atoms with van der Waals surface area (Å²) in [6.07, 6.45) is 3.66. The Balaban J connectivity index is 1.64. The number of methoxy groups -OCH3 is 1. The van der Waals surface area contributed by atoms with Gasteiger partial charge in [0.1, 0.15) is 0 Å². The maximum atomic E-state index is 13.2. The number of ether oxygens (including phenoxy) is 3. The molecule has 1 aromatic carbocycles. The molecule has 0 radical (unpaired) electrons. The molecular formula is C24H26ClN5O5S. The maximum Gasteiger partial charge on any atom is 0.255 e. The molecule has 0 aliphatic carbocycles. The zero-order chi connectivity index (χ0) is 25.2. The Hall–Kier alpha value is -2.99. The number of halogens is 1. The zero-order valence-corrected chi connectivity index (χ0v) is 21.4. The van der Waals surface area contributed by atoms with E-state index in [2.05, 4.69) is 25.6 Å². The van der Waals surface area contributed by atoms with Gasteiger partial charge in [-0.1, -0.05) is 17.7 Å². The fourth-order valence-corrected chi connectivity index (χ4v) is 5.23. The van der Waals surface area contributed by atoms with Crippen molar-refractivity contribution in [3.05, 3.63) is 46.7 Å². The fraction of sp³-hybridized carbons (Fsp3) is 0.375. The van der Waals surface area contributed by atoms with Gasteiger partial charge in [-0.3, -0.25) is 9.00 Å². The van der Waals surface area contributed by atoms with E-state index in [0.29, 0.717) is 71.9 Å².